The fourth-order valence-corrected chi connectivity index (χ4v) is 5.40. The van der Waals surface area contributed by atoms with Crippen LogP contribution in [0.15, 0.2) is 76.3 Å². The van der Waals surface area contributed by atoms with Gasteiger partial charge >= 0.3 is 0 Å². The molecule has 1 aliphatic heterocycles. The Bertz CT molecular complexity index is 911. The molecule has 3 aromatic rings. The van der Waals surface area contributed by atoms with E-state index in [0.717, 1.165) is 26.1 Å². The Balaban J connectivity index is 1.34. The predicted molar refractivity (Wildman–Crippen MR) is 110 cm³/mol. The second kappa shape index (κ2) is 8.04. The molecule has 1 fully saturated rings. The third-order valence-corrected chi connectivity index (χ3v) is 7.08. The fraction of sp³-hybridized carbons (Fsp3) is 0.238. The lowest BCUT2D eigenvalue weighted by atomic mass is 10.1. The minimum atomic E-state index is -3.45. The Hall–Kier alpha value is -1.83. The van der Waals surface area contributed by atoms with Crippen molar-refractivity contribution < 1.29 is 8.76 Å². The van der Waals surface area contributed by atoms with Gasteiger partial charge in [-0.3, -0.25) is 4.90 Å². The molecule has 0 aliphatic carbocycles. The molecule has 1 N–H and O–H groups in total. The van der Waals surface area contributed by atoms with Crippen molar-refractivity contribution in [3.05, 3.63) is 77.0 Å². The van der Waals surface area contributed by atoms with Gasteiger partial charge in [0.1, 0.15) is 0 Å². The smallest absolute Gasteiger partial charge is 0.175 e. The number of sulfonamides is 1. The van der Waals surface area contributed by atoms with E-state index >= 15 is 0 Å². The molecular formula is C21H22N2O2S2. The third kappa shape index (κ3) is 4.54. The van der Waals surface area contributed by atoms with Gasteiger partial charge in [-0.05, 0) is 52.1 Å². The Labute approximate surface area is 165 Å². The van der Waals surface area contributed by atoms with E-state index in [1.807, 2.05) is 6.07 Å². The van der Waals surface area contributed by atoms with E-state index in [1.54, 1.807) is 35.6 Å². The van der Waals surface area contributed by atoms with Crippen LogP contribution in [0.5, 0.6) is 0 Å². The number of likely N-dealkylation sites (tertiary alicyclic amines) is 1. The maximum absolute atomic E-state index is 12.5. The van der Waals surface area contributed by atoms with Crippen LogP contribution in [0.2, 0.25) is 0 Å². The van der Waals surface area contributed by atoms with Crippen molar-refractivity contribution in [2.24, 2.45) is 0 Å². The maximum atomic E-state index is 12.5. The zero-order valence-electron chi connectivity index (χ0n) is 14.9. The van der Waals surface area contributed by atoms with Gasteiger partial charge in [-0.15, -0.1) is 4.72 Å². The van der Waals surface area contributed by atoms with Gasteiger partial charge < -0.3 is 4.55 Å². The summed E-state index contributed by atoms with van der Waals surface area (Å²) in [6.45, 7) is 2.47. The highest BCUT2D eigenvalue weighted by atomic mass is 32.3. The van der Waals surface area contributed by atoms with Crippen molar-refractivity contribution >= 4 is 21.7 Å². The molecule has 0 saturated carbocycles. The van der Waals surface area contributed by atoms with Crippen LogP contribution in [0, 0.1) is 0 Å². The molecule has 1 saturated heterocycles. The standard InChI is InChI=1S/C21H22N2O2S2/c24-27(25,21-4-2-1-3-5-21)22-20-10-12-23(15-20)14-17-6-8-18(9-7-17)19-11-13-26-16-19/h1-9,11,13,16,20H,10,12,14-15H2,(H-,22,24,25). The molecule has 4 rings (SSSR count). The normalized spacial score (nSPS) is 19.8. The topological polar surface area (TPSA) is 55.4 Å². The molecule has 140 valence electrons. The molecule has 0 radical (unpaired) electrons. The van der Waals surface area contributed by atoms with Gasteiger partial charge in [0, 0.05) is 19.6 Å². The number of hydrogen-bond acceptors (Lipinski definition) is 4. The molecule has 27 heavy (non-hydrogen) atoms. The largest absolute Gasteiger partial charge is 0.593 e. The number of thiophene rings is 1. The molecule has 2 heterocycles. The van der Waals surface area contributed by atoms with Gasteiger partial charge in [0.15, 0.2) is 15.3 Å². The van der Waals surface area contributed by atoms with Crippen molar-refractivity contribution in [1.82, 2.24) is 9.62 Å². The quantitative estimate of drug-likeness (QED) is 0.634. The summed E-state index contributed by atoms with van der Waals surface area (Å²) in [5, 5.41) is 4.24. The molecule has 0 spiro atoms. The zero-order valence-corrected chi connectivity index (χ0v) is 16.5. The molecule has 6 heteroatoms. The van der Waals surface area contributed by atoms with Crippen LogP contribution in [0.25, 0.3) is 11.1 Å². The van der Waals surface area contributed by atoms with Gasteiger partial charge in [0.25, 0.3) is 0 Å². The summed E-state index contributed by atoms with van der Waals surface area (Å²) in [5.41, 5.74) is 3.73. The Morgan fingerprint density at radius 2 is 1.85 bits per heavy atom. The van der Waals surface area contributed by atoms with E-state index in [-0.39, 0.29) is 6.04 Å². The van der Waals surface area contributed by atoms with E-state index in [2.05, 4.69) is 50.7 Å². The second-order valence-electron chi connectivity index (χ2n) is 6.86. The van der Waals surface area contributed by atoms with E-state index in [9.17, 15) is 8.76 Å². The highest BCUT2D eigenvalue weighted by molar-refractivity contribution is 7.95. The van der Waals surface area contributed by atoms with Gasteiger partial charge in [-0.1, -0.05) is 46.7 Å². The second-order valence-corrected chi connectivity index (χ2v) is 9.36. The molecule has 1 aromatic heterocycles. The van der Waals surface area contributed by atoms with Crippen LogP contribution in [0.1, 0.15) is 12.0 Å². The lowest BCUT2D eigenvalue weighted by Crippen LogP contribution is -2.40. The van der Waals surface area contributed by atoms with Crippen LogP contribution < -0.4 is 4.72 Å². The van der Waals surface area contributed by atoms with Crippen molar-refractivity contribution in [2.75, 3.05) is 13.1 Å². The molecule has 2 unspecified atom stereocenters. The van der Waals surface area contributed by atoms with Crippen molar-refractivity contribution in [3.8, 4) is 11.1 Å². The Morgan fingerprint density at radius 1 is 1.07 bits per heavy atom. The lowest BCUT2D eigenvalue weighted by molar-refractivity contribution is 0.323. The van der Waals surface area contributed by atoms with Gasteiger partial charge in [0.2, 0.25) is 0 Å². The predicted octanol–water partition coefficient (Wildman–Crippen LogP) is 4.18. The van der Waals surface area contributed by atoms with Gasteiger partial charge in [-0.25, -0.2) is 0 Å². The summed E-state index contributed by atoms with van der Waals surface area (Å²) < 4.78 is 27.8. The molecule has 0 amide bonds. The summed E-state index contributed by atoms with van der Waals surface area (Å²) in [4.78, 5) is 2.63. The lowest BCUT2D eigenvalue weighted by Gasteiger charge is -2.20. The summed E-state index contributed by atoms with van der Waals surface area (Å²) >= 11 is 1.70. The molecule has 4 nitrogen and oxygen atoms in total. The third-order valence-electron chi connectivity index (χ3n) is 4.86. The first-order valence-electron chi connectivity index (χ1n) is 9.01. The summed E-state index contributed by atoms with van der Waals surface area (Å²) in [5.74, 6) is 0. The average Bonchev–Trinajstić information content (AvgIpc) is 3.35. The molecular weight excluding hydrogens is 376 g/mol. The first-order chi connectivity index (χ1) is 13.1. The molecule has 2 aromatic carbocycles. The van der Waals surface area contributed by atoms with Crippen molar-refractivity contribution in [2.45, 2.75) is 23.9 Å². The number of nitrogens with zero attached hydrogens (tertiary/aromatic N) is 1. The van der Waals surface area contributed by atoms with Crippen LogP contribution in [-0.2, 0) is 21.2 Å². The van der Waals surface area contributed by atoms with Crippen LogP contribution >= 0.6 is 11.3 Å². The van der Waals surface area contributed by atoms with Crippen LogP contribution in [0.4, 0.5) is 0 Å². The average molecular weight is 399 g/mol. The fourth-order valence-electron chi connectivity index (χ4n) is 3.45. The molecule has 0 bridgehead atoms. The summed E-state index contributed by atoms with van der Waals surface area (Å²) in [6, 6.07) is 19.3. The van der Waals surface area contributed by atoms with Crippen molar-refractivity contribution in [1.29, 1.82) is 0 Å². The highest BCUT2D eigenvalue weighted by Gasteiger charge is 2.30. The van der Waals surface area contributed by atoms with E-state index in [1.165, 1.54) is 16.7 Å². The number of nitrogens with one attached hydrogen (secondary N) is 1. The minimum absolute atomic E-state index is 0.0414. The Kier molecular flexibility index (Phi) is 5.52. The number of hydrogen-bond donors (Lipinski definition) is 1. The van der Waals surface area contributed by atoms with Crippen LogP contribution in [-0.4, -0.2) is 28.6 Å². The first-order valence-corrected chi connectivity index (χ1v) is 11.4. The van der Waals surface area contributed by atoms with E-state index in [4.69, 9.17) is 0 Å². The van der Waals surface area contributed by atoms with E-state index < -0.39 is 10.4 Å². The summed E-state index contributed by atoms with van der Waals surface area (Å²) in [7, 11) is -3.45. The molecule has 2 atom stereocenters. The minimum Gasteiger partial charge on any atom is -0.593 e. The molecule has 1 aliphatic rings. The van der Waals surface area contributed by atoms with Crippen LogP contribution in [0.3, 0.4) is 0 Å². The van der Waals surface area contributed by atoms with Crippen molar-refractivity contribution in [3.63, 3.8) is 0 Å². The zero-order chi connectivity index (χ0) is 18.7. The van der Waals surface area contributed by atoms with Gasteiger partial charge in [0.05, 0.1) is 6.04 Å². The highest BCUT2D eigenvalue weighted by Crippen LogP contribution is 2.23. The van der Waals surface area contributed by atoms with Gasteiger partial charge in [-0.2, -0.15) is 11.3 Å². The first kappa shape index (κ1) is 18.5. The summed E-state index contributed by atoms with van der Waals surface area (Å²) in [6.07, 6.45) is 0.832. The SMILES string of the molecule is O=[S+]([O-])(NC1CCN(Cc2ccc(-c3ccsc3)cc2)C1)c1ccccc1. The maximum Gasteiger partial charge on any atom is 0.175 e. The Morgan fingerprint density at radius 3 is 2.56 bits per heavy atom. The monoisotopic (exact) mass is 398 g/mol. The number of benzene rings is 2. The van der Waals surface area contributed by atoms with E-state index in [0.29, 0.717) is 4.90 Å². The number of rotatable bonds is 6.